The first-order chi connectivity index (χ1) is 8.42. The molecule has 1 saturated carbocycles. The van der Waals surface area contributed by atoms with E-state index in [9.17, 15) is 4.79 Å². The van der Waals surface area contributed by atoms with Crippen molar-refractivity contribution in [2.45, 2.75) is 46.1 Å². The molecule has 3 N–H and O–H groups in total. The lowest BCUT2D eigenvalue weighted by Gasteiger charge is -2.35. The number of ether oxygens (including phenoxy) is 1. The van der Waals surface area contributed by atoms with E-state index in [2.05, 4.69) is 20.8 Å². The molecule has 0 aromatic heterocycles. The molecule has 5 heteroatoms. The third kappa shape index (κ3) is 6.81. The van der Waals surface area contributed by atoms with Crippen molar-refractivity contribution < 1.29 is 24.9 Å². The Bertz CT molecular complexity index is 227. The van der Waals surface area contributed by atoms with Crippen molar-refractivity contribution in [3.8, 4) is 0 Å². The Kier molecular flexibility index (Phi) is 8.75. The highest BCUT2D eigenvalue weighted by atomic mass is 16.7. The second-order valence-electron chi connectivity index (χ2n) is 5.20. The first-order valence-corrected chi connectivity index (χ1v) is 6.53. The molecule has 0 unspecified atom stereocenters. The van der Waals surface area contributed by atoms with Crippen molar-refractivity contribution >= 4 is 6.16 Å². The summed E-state index contributed by atoms with van der Waals surface area (Å²) in [5, 5.41) is 23.9. The van der Waals surface area contributed by atoms with Crippen LogP contribution in [0.3, 0.4) is 0 Å². The van der Waals surface area contributed by atoms with Crippen molar-refractivity contribution in [1.29, 1.82) is 0 Å². The first kappa shape index (κ1) is 17.2. The molecule has 0 amide bonds. The van der Waals surface area contributed by atoms with Crippen molar-refractivity contribution in [1.82, 2.24) is 0 Å². The molecular weight excluding hydrogens is 236 g/mol. The van der Waals surface area contributed by atoms with Crippen LogP contribution in [-0.4, -0.2) is 40.8 Å². The number of hydrogen-bond acceptors (Lipinski definition) is 4. The van der Waals surface area contributed by atoms with Gasteiger partial charge < -0.3 is 20.1 Å². The minimum absolute atomic E-state index is 0.0868. The molecule has 0 saturated heterocycles. The first-order valence-electron chi connectivity index (χ1n) is 6.53. The normalized spacial score (nSPS) is 27.3. The fraction of sp³-hybridized carbons (Fsp3) is 0.923. The number of carboxylic acid groups (broad SMARTS) is 1. The fourth-order valence-electron chi connectivity index (χ4n) is 2.38. The predicted molar refractivity (Wildman–Crippen MR) is 68.4 cm³/mol. The topological polar surface area (TPSA) is 87.0 Å². The summed E-state index contributed by atoms with van der Waals surface area (Å²) in [5.74, 6) is 1.50. The second-order valence-corrected chi connectivity index (χ2v) is 5.20. The maximum absolute atomic E-state index is 10.5. The van der Waals surface area contributed by atoms with Gasteiger partial charge in [-0.3, -0.25) is 0 Å². The minimum Gasteiger partial charge on any atom is -0.450 e. The third-order valence-corrected chi connectivity index (χ3v) is 3.31. The van der Waals surface area contributed by atoms with Gasteiger partial charge in [-0.1, -0.05) is 27.2 Å². The zero-order chi connectivity index (χ0) is 14.1. The highest BCUT2D eigenvalue weighted by molar-refractivity contribution is 5.57. The molecule has 0 aromatic rings. The van der Waals surface area contributed by atoms with Gasteiger partial charge in [0, 0.05) is 0 Å². The Labute approximate surface area is 109 Å². The van der Waals surface area contributed by atoms with Gasteiger partial charge in [0.15, 0.2) is 0 Å². The van der Waals surface area contributed by atoms with Crippen LogP contribution in [0, 0.1) is 17.8 Å². The van der Waals surface area contributed by atoms with Crippen LogP contribution in [0.25, 0.3) is 0 Å². The van der Waals surface area contributed by atoms with Crippen LogP contribution in [0.1, 0.15) is 40.0 Å². The van der Waals surface area contributed by atoms with Gasteiger partial charge in [0.1, 0.15) is 6.10 Å². The summed E-state index contributed by atoms with van der Waals surface area (Å²) in [7, 11) is 0. The predicted octanol–water partition coefficient (Wildman–Crippen LogP) is 2.11. The Morgan fingerprint density at radius 3 is 2.22 bits per heavy atom. The average Bonchev–Trinajstić information content (AvgIpc) is 2.28. The van der Waals surface area contributed by atoms with E-state index in [0.717, 1.165) is 12.8 Å². The van der Waals surface area contributed by atoms with Crippen LogP contribution < -0.4 is 0 Å². The number of aliphatic hydroxyl groups is 2. The van der Waals surface area contributed by atoms with Gasteiger partial charge in [-0.25, -0.2) is 4.79 Å². The monoisotopic (exact) mass is 262 g/mol. The summed E-state index contributed by atoms with van der Waals surface area (Å²) in [5.41, 5.74) is 0. The van der Waals surface area contributed by atoms with Gasteiger partial charge in [0.05, 0.1) is 13.2 Å². The van der Waals surface area contributed by atoms with Crippen LogP contribution >= 0.6 is 0 Å². The van der Waals surface area contributed by atoms with Crippen molar-refractivity contribution in [2.24, 2.45) is 17.8 Å². The summed E-state index contributed by atoms with van der Waals surface area (Å²) in [6, 6.07) is 0. The van der Waals surface area contributed by atoms with E-state index in [4.69, 9.17) is 20.1 Å². The standard InChI is InChI=1S/C11H20O3.C2H6O2/c1-7(2)9-5-4-8(3)6-10(9)14-11(12)13;3-1-2-4/h7-10H,4-6H2,1-3H3,(H,12,13);3-4H,1-2H2/t8-,9+,10-;/m1./s1. The fourth-order valence-corrected chi connectivity index (χ4v) is 2.38. The molecule has 0 aliphatic heterocycles. The third-order valence-electron chi connectivity index (χ3n) is 3.31. The summed E-state index contributed by atoms with van der Waals surface area (Å²) in [6.45, 7) is 6.19. The van der Waals surface area contributed by atoms with Crippen molar-refractivity contribution in [2.75, 3.05) is 13.2 Å². The SMILES string of the molecule is CC(C)[C@@H]1CC[C@@H](C)C[C@H]1OC(=O)O.OCCO. The lowest BCUT2D eigenvalue weighted by atomic mass is 9.75. The molecule has 1 fully saturated rings. The molecule has 0 spiro atoms. The Morgan fingerprint density at radius 1 is 1.28 bits per heavy atom. The molecule has 108 valence electrons. The van der Waals surface area contributed by atoms with Gasteiger partial charge in [-0.15, -0.1) is 0 Å². The summed E-state index contributed by atoms with van der Waals surface area (Å²) in [6.07, 6.45) is 1.96. The number of aliphatic hydroxyl groups excluding tert-OH is 2. The van der Waals surface area contributed by atoms with Crippen LogP contribution in [0.15, 0.2) is 0 Å². The average molecular weight is 262 g/mol. The van der Waals surface area contributed by atoms with Gasteiger partial charge in [-0.2, -0.15) is 0 Å². The number of rotatable bonds is 3. The second kappa shape index (κ2) is 9.16. The zero-order valence-electron chi connectivity index (χ0n) is 11.5. The maximum atomic E-state index is 10.5. The van der Waals surface area contributed by atoms with E-state index in [1.165, 1.54) is 6.42 Å². The summed E-state index contributed by atoms with van der Waals surface area (Å²) >= 11 is 0. The Hall–Kier alpha value is -0.810. The molecule has 1 aliphatic carbocycles. The number of carbonyl (C=O) groups is 1. The lowest BCUT2D eigenvalue weighted by Crippen LogP contribution is -2.35. The molecule has 0 bridgehead atoms. The van der Waals surface area contributed by atoms with Crippen molar-refractivity contribution in [3.63, 3.8) is 0 Å². The van der Waals surface area contributed by atoms with Crippen LogP contribution in [-0.2, 0) is 4.74 Å². The number of hydrogen-bond donors (Lipinski definition) is 3. The van der Waals surface area contributed by atoms with E-state index >= 15 is 0 Å². The molecule has 1 aliphatic rings. The van der Waals surface area contributed by atoms with E-state index in [1.54, 1.807) is 0 Å². The van der Waals surface area contributed by atoms with E-state index in [1.807, 2.05) is 0 Å². The summed E-state index contributed by atoms with van der Waals surface area (Å²) in [4.78, 5) is 10.5. The minimum atomic E-state index is -1.13. The maximum Gasteiger partial charge on any atom is 0.506 e. The quantitative estimate of drug-likeness (QED) is 0.678. The highest BCUT2D eigenvalue weighted by Crippen LogP contribution is 2.35. The van der Waals surface area contributed by atoms with E-state index in [0.29, 0.717) is 17.8 Å². The van der Waals surface area contributed by atoms with E-state index < -0.39 is 6.16 Å². The van der Waals surface area contributed by atoms with Gasteiger partial charge in [-0.05, 0) is 30.6 Å². The Balaban J connectivity index is 0.000000631. The molecule has 3 atom stereocenters. The van der Waals surface area contributed by atoms with Crippen LogP contribution in [0.2, 0.25) is 0 Å². The van der Waals surface area contributed by atoms with Crippen LogP contribution in [0.5, 0.6) is 0 Å². The van der Waals surface area contributed by atoms with Gasteiger partial charge >= 0.3 is 6.16 Å². The molecule has 0 radical (unpaired) electrons. The molecular formula is C13H26O5. The molecule has 0 aromatic carbocycles. The molecule has 18 heavy (non-hydrogen) atoms. The Morgan fingerprint density at radius 2 is 1.83 bits per heavy atom. The highest BCUT2D eigenvalue weighted by Gasteiger charge is 2.33. The largest absolute Gasteiger partial charge is 0.506 e. The smallest absolute Gasteiger partial charge is 0.450 e. The van der Waals surface area contributed by atoms with Crippen LogP contribution in [0.4, 0.5) is 4.79 Å². The van der Waals surface area contributed by atoms with Gasteiger partial charge in [0.25, 0.3) is 0 Å². The van der Waals surface area contributed by atoms with E-state index in [-0.39, 0.29) is 19.3 Å². The molecule has 0 heterocycles. The van der Waals surface area contributed by atoms with Crippen molar-refractivity contribution in [3.05, 3.63) is 0 Å². The zero-order valence-corrected chi connectivity index (χ0v) is 11.5. The van der Waals surface area contributed by atoms with Gasteiger partial charge in [0.2, 0.25) is 0 Å². The lowest BCUT2D eigenvalue weighted by molar-refractivity contribution is -0.0174. The molecule has 1 rings (SSSR count). The molecule has 5 nitrogen and oxygen atoms in total. The summed E-state index contributed by atoms with van der Waals surface area (Å²) < 4.78 is 4.95.